The molecule has 30 heavy (non-hydrogen) atoms. The van der Waals surface area contributed by atoms with Crippen molar-refractivity contribution >= 4 is 17.8 Å². The quantitative estimate of drug-likeness (QED) is 0.408. The van der Waals surface area contributed by atoms with Gasteiger partial charge in [0.25, 0.3) is 5.91 Å². The molecule has 3 aromatic heterocycles. The Morgan fingerprint density at radius 2 is 1.83 bits per heavy atom. The molecule has 1 N–H and O–H groups in total. The standard InChI is InChI=1S/C24H25N5O/c1-15-9-10-21(12-16(15)2)29-17(3)13-20(19(29)5)14-25-27-24(30)23-18(4)26-22-8-6-7-11-28(22)23/h6-14H,1-5H3,(H,27,30)/b25-14-. The normalized spacial score (nSPS) is 11.5. The molecule has 3 heterocycles. The van der Waals surface area contributed by atoms with Crippen molar-refractivity contribution in [1.82, 2.24) is 19.4 Å². The summed E-state index contributed by atoms with van der Waals surface area (Å²) in [4.78, 5) is 17.1. The number of hydrazone groups is 1. The lowest BCUT2D eigenvalue weighted by molar-refractivity contribution is 0.0948. The third kappa shape index (κ3) is 3.41. The van der Waals surface area contributed by atoms with E-state index in [1.807, 2.05) is 31.3 Å². The maximum atomic E-state index is 12.7. The smallest absolute Gasteiger partial charge is 0.290 e. The van der Waals surface area contributed by atoms with Crippen LogP contribution in [0.2, 0.25) is 0 Å². The Bertz CT molecular complexity index is 1290. The van der Waals surface area contributed by atoms with Crippen molar-refractivity contribution in [2.24, 2.45) is 5.10 Å². The van der Waals surface area contributed by atoms with Crippen LogP contribution in [0.1, 0.15) is 44.3 Å². The monoisotopic (exact) mass is 399 g/mol. The van der Waals surface area contributed by atoms with Crippen molar-refractivity contribution in [1.29, 1.82) is 0 Å². The zero-order valence-corrected chi connectivity index (χ0v) is 17.9. The third-order valence-corrected chi connectivity index (χ3v) is 5.51. The highest BCUT2D eigenvalue weighted by Crippen LogP contribution is 2.22. The van der Waals surface area contributed by atoms with Crippen LogP contribution in [0.25, 0.3) is 11.3 Å². The Labute approximate surface area is 175 Å². The molecule has 0 saturated heterocycles. The Balaban J connectivity index is 1.58. The average Bonchev–Trinajstić information content (AvgIpc) is 3.19. The molecule has 0 radical (unpaired) electrons. The second-order valence-electron chi connectivity index (χ2n) is 7.60. The highest BCUT2D eigenvalue weighted by Gasteiger charge is 2.16. The largest absolute Gasteiger partial charge is 0.318 e. The van der Waals surface area contributed by atoms with Crippen LogP contribution < -0.4 is 5.43 Å². The summed E-state index contributed by atoms with van der Waals surface area (Å²) in [5.74, 6) is -0.287. The molecular formula is C24H25N5O. The van der Waals surface area contributed by atoms with E-state index in [0.29, 0.717) is 11.4 Å². The predicted molar refractivity (Wildman–Crippen MR) is 120 cm³/mol. The highest BCUT2D eigenvalue weighted by atomic mass is 16.2. The van der Waals surface area contributed by atoms with Gasteiger partial charge in [-0.1, -0.05) is 12.1 Å². The zero-order chi connectivity index (χ0) is 21.4. The van der Waals surface area contributed by atoms with Gasteiger partial charge in [-0.2, -0.15) is 5.10 Å². The minimum atomic E-state index is -0.287. The van der Waals surface area contributed by atoms with Crippen molar-refractivity contribution < 1.29 is 4.79 Å². The first kappa shape index (κ1) is 19.6. The molecule has 0 unspecified atom stereocenters. The van der Waals surface area contributed by atoms with Gasteiger partial charge >= 0.3 is 0 Å². The molecule has 0 saturated carbocycles. The van der Waals surface area contributed by atoms with Gasteiger partial charge in [-0.25, -0.2) is 10.4 Å². The van der Waals surface area contributed by atoms with Crippen LogP contribution in [0, 0.1) is 34.6 Å². The Morgan fingerprint density at radius 3 is 2.60 bits per heavy atom. The van der Waals surface area contributed by atoms with Gasteiger partial charge in [0.15, 0.2) is 0 Å². The summed E-state index contributed by atoms with van der Waals surface area (Å²) < 4.78 is 3.97. The van der Waals surface area contributed by atoms with E-state index in [9.17, 15) is 4.79 Å². The summed E-state index contributed by atoms with van der Waals surface area (Å²) in [5.41, 5.74) is 11.3. The SMILES string of the molecule is Cc1ccc(-n2c(C)cc(/C=N\NC(=O)c3c(C)nc4ccccn34)c2C)cc1C. The maximum absolute atomic E-state index is 12.7. The fraction of sp³-hybridized carbons (Fsp3) is 0.208. The molecule has 6 nitrogen and oxygen atoms in total. The van der Waals surface area contributed by atoms with E-state index in [1.165, 1.54) is 11.1 Å². The van der Waals surface area contributed by atoms with E-state index < -0.39 is 0 Å². The Hall–Kier alpha value is -3.67. The molecule has 6 heteroatoms. The van der Waals surface area contributed by atoms with E-state index in [1.54, 1.807) is 10.6 Å². The van der Waals surface area contributed by atoms with Gasteiger partial charge in [0.05, 0.1) is 11.9 Å². The Morgan fingerprint density at radius 1 is 1.03 bits per heavy atom. The lowest BCUT2D eigenvalue weighted by Gasteiger charge is -2.11. The minimum Gasteiger partial charge on any atom is -0.318 e. The van der Waals surface area contributed by atoms with Gasteiger partial charge in [-0.15, -0.1) is 0 Å². The molecule has 152 valence electrons. The molecular weight excluding hydrogens is 374 g/mol. The average molecular weight is 399 g/mol. The van der Waals surface area contributed by atoms with Gasteiger partial charge in [0.2, 0.25) is 0 Å². The molecule has 1 aromatic carbocycles. The second kappa shape index (κ2) is 7.63. The van der Waals surface area contributed by atoms with Gasteiger partial charge in [-0.3, -0.25) is 9.20 Å². The first-order chi connectivity index (χ1) is 14.4. The van der Waals surface area contributed by atoms with Crippen LogP contribution in [0.15, 0.2) is 53.8 Å². The molecule has 1 amide bonds. The van der Waals surface area contributed by atoms with Gasteiger partial charge in [0.1, 0.15) is 11.3 Å². The third-order valence-electron chi connectivity index (χ3n) is 5.51. The van der Waals surface area contributed by atoms with Crippen molar-refractivity contribution in [3.8, 4) is 5.69 Å². The van der Waals surface area contributed by atoms with E-state index in [-0.39, 0.29) is 5.91 Å². The molecule has 0 fully saturated rings. The van der Waals surface area contributed by atoms with Crippen LogP contribution in [-0.4, -0.2) is 26.1 Å². The van der Waals surface area contributed by atoms with Crippen molar-refractivity contribution in [3.05, 3.63) is 88.1 Å². The topological polar surface area (TPSA) is 63.7 Å². The molecule has 0 spiro atoms. The lowest BCUT2D eigenvalue weighted by Crippen LogP contribution is -2.20. The summed E-state index contributed by atoms with van der Waals surface area (Å²) in [7, 11) is 0. The van der Waals surface area contributed by atoms with Gasteiger partial charge < -0.3 is 4.57 Å². The summed E-state index contributed by atoms with van der Waals surface area (Å²) in [6, 6.07) is 14.1. The van der Waals surface area contributed by atoms with Gasteiger partial charge in [0, 0.05) is 28.8 Å². The second-order valence-corrected chi connectivity index (χ2v) is 7.60. The maximum Gasteiger partial charge on any atom is 0.290 e. The summed E-state index contributed by atoms with van der Waals surface area (Å²) in [6.45, 7) is 10.2. The number of imidazole rings is 1. The number of aromatic nitrogens is 3. The van der Waals surface area contributed by atoms with Crippen LogP contribution in [0.5, 0.6) is 0 Å². The van der Waals surface area contributed by atoms with Crippen LogP contribution in [-0.2, 0) is 0 Å². The number of carbonyl (C=O) groups is 1. The number of rotatable bonds is 4. The first-order valence-corrected chi connectivity index (χ1v) is 9.90. The summed E-state index contributed by atoms with van der Waals surface area (Å²) >= 11 is 0. The lowest BCUT2D eigenvalue weighted by atomic mass is 10.1. The number of nitrogens with one attached hydrogen (secondary N) is 1. The fourth-order valence-corrected chi connectivity index (χ4v) is 3.78. The van der Waals surface area contributed by atoms with Gasteiger partial charge in [-0.05, 0) is 76.1 Å². The predicted octanol–water partition coefficient (Wildman–Crippen LogP) is 4.43. The number of fused-ring (bicyclic) bond motifs is 1. The van der Waals surface area contributed by atoms with Crippen LogP contribution in [0.3, 0.4) is 0 Å². The fourth-order valence-electron chi connectivity index (χ4n) is 3.78. The highest BCUT2D eigenvalue weighted by molar-refractivity contribution is 5.95. The molecule has 0 atom stereocenters. The van der Waals surface area contributed by atoms with E-state index in [0.717, 1.165) is 28.3 Å². The number of pyridine rings is 1. The number of carbonyl (C=O) groups excluding carboxylic acids is 1. The number of nitrogens with zero attached hydrogens (tertiary/aromatic N) is 4. The minimum absolute atomic E-state index is 0.287. The number of hydrogen-bond donors (Lipinski definition) is 1. The molecule has 0 bridgehead atoms. The summed E-state index contributed by atoms with van der Waals surface area (Å²) in [6.07, 6.45) is 3.52. The number of aryl methyl sites for hydroxylation is 4. The van der Waals surface area contributed by atoms with E-state index >= 15 is 0 Å². The van der Waals surface area contributed by atoms with Crippen molar-refractivity contribution in [3.63, 3.8) is 0 Å². The molecule has 4 aromatic rings. The van der Waals surface area contributed by atoms with E-state index in [4.69, 9.17) is 0 Å². The molecule has 0 aliphatic carbocycles. The number of benzene rings is 1. The molecule has 4 rings (SSSR count). The van der Waals surface area contributed by atoms with Crippen molar-refractivity contribution in [2.45, 2.75) is 34.6 Å². The van der Waals surface area contributed by atoms with Crippen LogP contribution in [0.4, 0.5) is 0 Å². The molecule has 0 aliphatic heterocycles. The Kier molecular flexibility index (Phi) is 4.99. The number of amides is 1. The summed E-state index contributed by atoms with van der Waals surface area (Å²) in [5, 5.41) is 4.21. The van der Waals surface area contributed by atoms with E-state index in [2.05, 4.69) is 72.0 Å². The zero-order valence-electron chi connectivity index (χ0n) is 17.9. The van der Waals surface area contributed by atoms with Crippen molar-refractivity contribution in [2.75, 3.05) is 0 Å². The molecule has 0 aliphatic rings. The first-order valence-electron chi connectivity index (χ1n) is 9.90. The number of hydrogen-bond acceptors (Lipinski definition) is 3. The van der Waals surface area contributed by atoms with Crippen LogP contribution >= 0.6 is 0 Å².